The van der Waals surface area contributed by atoms with Crippen LogP contribution in [-0.2, 0) is 12.3 Å². The molecule has 0 atom stereocenters. The smallest absolute Gasteiger partial charge is 0.282 e. The number of carbonyl (C=O) groups is 1. The highest BCUT2D eigenvalue weighted by atomic mass is 32.2. The van der Waals surface area contributed by atoms with Crippen molar-refractivity contribution >= 4 is 29.0 Å². The highest BCUT2D eigenvalue weighted by Crippen LogP contribution is 2.26. The molecular weight excluding hydrogens is 444 g/mol. The second-order valence-electron chi connectivity index (χ2n) is 6.25. The number of hydrogen-bond acceptors (Lipinski definition) is 8. The van der Waals surface area contributed by atoms with Crippen LogP contribution in [-0.4, -0.2) is 31.0 Å². The third-order valence-corrected chi connectivity index (χ3v) is 6.19. The Bertz CT molecular complexity index is 1210. The molecule has 0 aliphatic carbocycles. The van der Waals surface area contributed by atoms with Crippen molar-refractivity contribution in [2.75, 3.05) is 5.84 Å². The van der Waals surface area contributed by atoms with E-state index < -0.39 is 5.82 Å². The number of thioether (sulfide) groups is 1. The van der Waals surface area contributed by atoms with Crippen LogP contribution in [0.25, 0.3) is 11.4 Å². The molecule has 0 saturated carbocycles. The maximum atomic E-state index is 14.0. The summed E-state index contributed by atoms with van der Waals surface area (Å²) in [7, 11) is 0. The van der Waals surface area contributed by atoms with E-state index in [0.717, 1.165) is 16.9 Å². The zero-order valence-electron chi connectivity index (χ0n) is 15.8. The fraction of sp³-hybridized carbons (Fsp3) is 0.105. The summed E-state index contributed by atoms with van der Waals surface area (Å²) in [4.78, 5) is 12.3. The third kappa shape index (κ3) is 4.86. The van der Waals surface area contributed by atoms with Crippen molar-refractivity contribution in [2.24, 2.45) is 0 Å². The fourth-order valence-corrected chi connectivity index (χ4v) is 4.19. The minimum absolute atomic E-state index is 0.207. The van der Waals surface area contributed by atoms with E-state index in [2.05, 4.69) is 25.7 Å². The number of nitrogen functional groups attached to an aromatic ring is 1. The van der Waals surface area contributed by atoms with Gasteiger partial charge >= 0.3 is 0 Å². The molecule has 4 aromatic rings. The summed E-state index contributed by atoms with van der Waals surface area (Å²) in [5.41, 5.74) is 1.02. The standard InChI is InChI=1S/C19H15F2N7OS2/c20-12-7-5-11(6-8-12)9-23-17(29)18-26-24-15(31-18)10-30-19-27-25-16(28(19)22)13-3-1-2-4-14(13)21/h1-8H,9-10,22H2,(H,23,29). The molecule has 2 aromatic heterocycles. The van der Waals surface area contributed by atoms with Gasteiger partial charge in [-0.25, -0.2) is 13.5 Å². The molecule has 0 fully saturated rings. The molecule has 0 spiro atoms. The number of nitrogens with zero attached hydrogens (tertiary/aromatic N) is 5. The van der Waals surface area contributed by atoms with Crippen LogP contribution in [0.3, 0.4) is 0 Å². The summed E-state index contributed by atoms with van der Waals surface area (Å²) in [6.45, 7) is 0.248. The summed E-state index contributed by atoms with van der Waals surface area (Å²) >= 11 is 2.38. The zero-order chi connectivity index (χ0) is 21.8. The average molecular weight is 460 g/mol. The topological polar surface area (TPSA) is 112 Å². The van der Waals surface area contributed by atoms with Gasteiger partial charge in [-0.05, 0) is 29.8 Å². The third-order valence-electron chi connectivity index (χ3n) is 4.13. The Kier molecular flexibility index (Phi) is 6.18. The largest absolute Gasteiger partial charge is 0.346 e. The number of amides is 1. The molecule has 12 heteroatoms. The highest BCUT2D eigenvalue weighted by molar-refractivity contribution is 7.98. The Morgan fingerprint density at radius 2 is 1.84 bits per heavy atom. The van der Waals surface area contributed by atoms with Gasteiger partial charge in [-0.1, -0.05) is 47.4 Å². The van der Waals surface area contributed by atoms with E-state index in [-0.39, 0.29) is 34.7 Å². The molecule has 8 nitrogen and oxygen atoms in total. The van der Waals surface area contributed by atoms with Gasteiger partial charge in [0.15, 0.2) is 5.82 Å². The second kappa shape index (κ2) is 9.18. The number of benzene rings is 2. The molecule has 3 N–H and O–H groups in total. The Hall–Kier alpha value is -3.38. The number of carbonyl (C=O) groups excluding carboxylic acids is 1. The predicted molar refractivity (Wildman–Crippen MR) is 113 cm³/mol. The second-order valence-corrected chi connectivity index (χ2v) is 8.26. The summed E-state index contributed by atoms with van der Waals surface area (Å²) in [5.74, 6) is 5.42. The SMILES string of the molecule is Nn1c(SCc2nnc(C(=O)NCc3ccc(F)cc3)s2)nnc1-c1ccccc1F. The van der Waals surface area contributed by atoms with Crippen molar-refractivity contribution in [3.8, 4) is 11.4 Å². The Labute approximate surface area is 183 Å². The molecular formula is C19H15F2N7OS2. The number of hydrogen-bond donors (Lipinski definition) is 2. The van der Waals surface area contributed by atoms with Crippen LogP contribution in [0.1, 0.15) is 20.4 Å². The molecule has 158 valence electrons. The summed E-state index contributed by atoms with van der Waals surface area (Å²) in [6, 6.07) is 12.0. The van der Waals surface area contributed by atoms with Gasteiger partial charge in [0.05, 0.1) is 11.3 Å². The lowest BCUT2D eigenvalue weighted by molar-refractivity contribution is 0.0950. The normalized spacial score (nSPS) is 10.9. The lowest BCUT2D eigenvalue weighted by atomic mass is 10.2. The van der Waals surface area contributed by atoms with Crippen LogP contribution in [0, 0.1) is 11.6 Å². The van der Waals surface area contributed by atoms with Gasteiger partial charge in [-0.2, -0.15) is 0 Å². The zero-order valence-corrected chi connectivity index (χ0v) is 17.5. The summed E-state index contributed by atoms with van der Waals surface area (Å²) in [5, 5.41) is 19.7. The number of halogens is 2. The van der Waals surface area contributed by atoms with Crippen LogP contribution < -0.4 is 11.2 Å². The molecule has 0 bridgehead atoms. The monoisotopic (exact) mass is 459 g/mol. The van der Waals surface area contributed by atoms with E-state index in [1.54, 1.807) is 30.3 Å². The molecule has 0 aliphatic heterocycles. The van der Waals surface area contributed by atoms with Crippen molar-refractivity contribution < 1.29 is 13.6 Å². The van der Waals surface area contributed by atoms with Crippen molar-refractivity contribution in [3.63, 3.8) is 0 Å². The summed E-state index contributed by atoms with van der Waals surface area (Å²) in [6.07, 6.45) is 0. The minimum atomic E-state index is -0.446. The van der Waals surface area contributed by atoms with Crippen LogP contribution in [0.15, 0.2) is 53.7 Å². The predicted octanol–water partition coefficient (Wildman–Crippen LogP) is 3.01. The quantitative estimate of drug-likeness (QED) is 0.323. The maximum absolute atomic E-state index is 14.0. The van der Waals surface area contributed by atoms with E-state index in [4.69, 9.17) is 5.84 Å². The van der Waals surface area contributed by atoms with Crippen LogP contribution in [0.5, 0.6) is 0 Å². The van der Waals surface area contributed by atoms with Gasteiger partial charge in [-0.3, -0.25) is 4.79 Å². The molecule has 2 heterocycles. The average Bonchev–Trinajstić information content (AvgIpc) is 3.39. The van der Waals surface area contributed by atoms with Gasteiger partial charge in [0.2, 0.25) is 10.2 Å². The highest BCUT2D eigenvalue weighted by Gasteiger charge is 2.17. The first kappa shape index (κ1) is 20.9. The van der Waals surface area contributed by atoms with Crippen LogP contribution in [0.2, 0.25) is 0 Å². The molecule has 0 unspecified atom stereocenters. The van der Waals surface area contributed by atoms with E-state index in [1.165, 1.54) is 34.6 Å². The van der Waals surface area contributed by atoms with Gasteiger partial charge in [-0.15, -0.1) is 20.4 Å². The van der Waals surface area contributed by atoms with Crippen LogP contribution >= 0.6 is 23.1 Å². The van der Waals surface area contributed by atoms with E-state index in [9.17, 15) is 13.6 Å². The molecule has 0 radical (unpaired) electrons. The number of nitrogens with one attached hydrogen (secondary N) is 1. The lowest BCUT2D eigenvalue weighted by Gasteiger charge is -2.03. The fourth-order valence-electron chi connectivity index (χ4n) is 2.59. The lowest BCUT2D eigenvalue weighted by Crippen LogP contribution is -2.22. The van der Waals surface area contributed by atoms with E-state index in [1.807, 2.05) is 0 Å². The first-order valence-corrected chi connectivity index (χ1v) is 10.7. The first-order chi connectivity index (χ1) is 15.0. The van der Waals surface area contributed by atoms with Crippen molar-refractivity contribution in [2.45, 2.75) is 17.5 Å². The summed E-state index contributed by atoms with van der Waals surface area (Å²) < 4.78 is 28.1. The molecule has 2 aromatic carbocycles. The minimum Gasteiger partial charge on any atom is -0.346 e. The number of rotatable bonds is 7. The maximum Gasteiger partial charge on any atom is 0.282 e. The Morgan fingerprint density at radius 1 is 1.06 bits per heavy atom. The Balaban J connectivity index is 1.36. The molecule has 0 aliphatic rings. The van der Waals surface area contributed by atoms with Gasteiger partial charge in [0.1, 0.15) is 16.6 Å². The number of nitrogens with two attached hydrogens (primary N) is 1. The van der Waals surface area contributed by atoms with Crippen molar-refractivity contribution in [3.05, 3.63) is 75.7 Å². The van der Waals surface area contributed by atoms with E-state index >= 15 is 0 Å². The molecule has 31 heavy (non-hydrogen) atoms. The van der Waals surface area contributed by atoms with Gasteiger partial charge < -0.3 is 11.2 Å². The first-order valence-electron chi connectivity index (χ1n) is 8.94. The Morgan fingerprint density at radius 3 is 2.61 bits per heavy atom. The van der Waals surface area contributed by atoms with Crippen molar-refractivity contribution in [1.29, 1.82) is 0 Å². The molecule has 1 amide bonds. The van der Waals surface area contributed by atoms with E-state index in [0.29, 0.717) is 15.9 Å². The van der Waals surface area contributed by atoms with Gasteiger partial charge in [0, 0.05) is 6.54 Å². The number of aromatic nitrogens is 5. The van der Waals surface area contributed by atoms with Gasteiger partial charge in [0.25, 0.3) is 5.91 Å². The van der Waals surface area contributed by atoms with Crippen molar-refractivity contribution in [1.82, 2.24) is 30.4 Å². The molecule has 4 rings (SSSR count). The molecule has 0 saturated heterocycles. The van der Waals surface area contributed by atoms with Crippen LogP contribution in [0.4, 0.5) is 8.78 Å².